The summed E-state index contributed by atoms with van der Waals surface area (Å²) in [5.74, 6) is -0.137. The van der Waals surface area contributed by atoms with Crippen molar-refractivity contribution < 1.29 is 9.59 Å². The van der Waals surface area contributed by atoms with Crippen molar-refractivity contribution in [3.8, 4) is 0 Å². The summed E-state index contributed by atoms with van der Waals surface area (Å²) in [5.41, 5.74) is 1.35. The summed E-state index contributed by atoms with van der Waals surface area (Å²) < 4.78 is 0. The Labute approximate surface area is 125 Å². The Morgan fingerprint density at radius 2 is 1.90 bits per heavy atom. The van der Waals surface area contributed by atoms with Crippen molar-refractivity contribution in [2.75, 3.05) is 12.4 Å². The largest absolute Gasteiger partial charge is 0.341 e. The molecule has 3 N–H and O–H groups in total. The molecule has 21 heavy (non-hydrogen) atoms. The molecule has 0 spiro atoms. The van der Waals surface area contributed by atoms with Gasteiger partial charge in [0, 0.05) is 24.9 Å². The van der Waals surface area contributed by atoms with Gasteiger partial charge in [-0.3, -0.25) is 4.79 Å². The summed E-state index contributed by atoms with van der Waals surface area (Å²) in [6.07, 6.45) is 6.41. The van der Waals surface area contributed by atoms with Crippen LogP contribution in [-0.4, -0.2) is 19.0 Å². The molecule has 0 aromatic heterocycles. The third-order valence-corrected chi connectivity index (χ3v) is 2.58. The first-order valence-corrected chi connectivity index (χ1v) is 6.86. The fraction of sp³-hybridized carbons (Fsp3) is 0.250. The van der Waals surface area contributed by atoms with Crippen molar-refractivity contribution in [2.24, 2.45) is 0 Å². The van der Waals surface area contributed by atoms with Crippen LogP contribution in [0.3, 0.4) is 0 Å². The number of para-hydroxylation sites is 1. The van der Waals surface area contributed by atoms with Gasteiger partial charge in [0.2, 0.25) is 5.91 Å². The fourth-order valence-electron chi connectivity index (χ4n) is 1.54. The molecule has 0 heterocycles. The summed E-state index contributed by atoms with van der Waals surface area (Å²) in [6, 6.07) is 8.92. The van der Waals surface area contributed by atoms with Gasteiger partial charge in [0.1, 0.15) is 0 Å². The zero-order valence-electron chi connectivity index (χ0n) is 12.3. The number of amides is 3. The van der Waals surface area contributed by atoms with Gasteiger partial charge in [0.15, 0.2) is 0 Å². The van der Waals surface area contributed by atoms with Crippen LogP contribution in [0.15, 0.2) is 54.3 Å². The second-order valence-electron chi connectivity index (χ2n) is 4.29. The predicted molar refractivity (Wildman–Crippen MR) is 84.8 cm³/mol. The molecule has 1 rings (SSSR count). The molecule has 0 radical (unpaired) electrons. The van der Waals surface area contributed by atoms with E-state index in [0.717, 1.165) is 12.1 Å². The predicted octanol–water partition coefficient (Wildman–Crippen LogP) is 2.79. The Balaban J connectivity index is 2.61. The van der Waals surface area contributed by atoms with Crippen LogP contribution in [0.1, 0.15) is 19.8 Å². The Morgan fingerprint density at radius 3 is 2.52 bits per heavy atom. The maximum Gasteiger partial charge on any atom is 0.318 e. The van der Waals surface area contributed by atoms with Gasteiger partial charge in [-0.2, -0.15) is 0 Å². The number of carbonyl (C=O) groups is 2. The van der Waals surface area contributed by atoms with Crippen molar-refractivity contribution in [3.05, 3.63) is 54.3 Å². The maximum absolute atomic E-state index is 11.8. The molecule has 112 valence electrons. The molecule has 1 aromatic rings. The van der Waals surface area contributed by atoms with Crippen LogP contribution in [0.2, 0.25) is 0 Å². The van der Waals surface area contributed by atoms with E-state index in [1.165, 1.54) is 0 Å². The zero-order chi connectivity index (χ0) is 15.5. The highest BCUT2D eigenvalue weighted by molar-refractivity contribution is 5.91. The molecular weight excluding hydrogens is 266 g/mol. The Bertz CT molecular complexity index is 522. The average Bonchev–Trinajstić information content (AvgIpc) is 2.50. The fourth-order valence-corrected chi connectivity index (χ4v) is 1.54. The van der Waals surface area contributed by atoms with Gasteiger partial charge < -0.3 is 16.0 Å². The van der Waals surface area contributed by atoms with Crippen LogP contribution in [0.5, 0.6) is 0 Å². The van der Waals surface area contributed by atoms with E-state index in [-0.39, 0.29) is 18.4 Å². The molecule has 5 heteroatoms. The van der Waals surface area contributed by atoms with E-state index in [2.05, 4.69) is 16.0 Å². The summed E-state index contributed by atoms with van der Waals surface area (Å²) in [5, 5.41) is 7.92. The maximum atomic E-state index is 11.8. The molecule has 0 aliphatic heterocycles. The lowest BCUT2D eigenvalue weighted by Gasteiger charge is -2.06. The molecule has 0 aliphatic rings. The number of rotatable bonds is 6. The van der Waals surface area contributed by atoms with Crippen LogP contribution in [0, 0.1) is 0 Å². The highest BCUT2D eigenvalue weighted by Crippen LogP contribution is 2.06. The van der Waals surface area contributed by atoms with Gasteiger partial charge in [-0.1, -0.05) is 37.3 Å². The van der Waals surface area contributed by atoms with E-state index >= 15 is 0 Å². The Morgan fingerprint density at radius 1 is 1.19 bits per heavy atom. The lowest BCUT2D eigenvalue weighted by molar-refractivity contribution is -0.115. The van der Waals surface area contributed by atoms with E-state index in [4.69, 9.17) is 0 Å². The molecule has 0 bridgehead atoms. The summed E-state index contributed by atoms with van der Waals surface area (Å²) in [6.45, 7) is 2.00. The first-order chi connectivity index (χ1) is 10.2. The number of carbonyl (C=O) groups excluding carboxylic acids is 2. The second kappa shape index (κ2) is 9.36. The molecule has 0 aliphatic carbocycles. The molecule has 0 atom stereocenters. The van der Waals surface area contributed by atoms with Gasteiger partial charge in [-0.05, 0) is 24.6 Å². The van der Waals surface area contributed by atoms with E-state index in [1.54, 1.807) is 19.2 Å². The number of nitrogens with one attached hydrogen (secondary N) is 3. The number of hydrogen-bond acceptors (Lipinski definition) is 2. The summed E-state index contributed by atoms with van der Waals surface area (Å²) in [7, 11) is 1.54. The van der Waals surface area contributed by atoms with Crippen molar-refractivity contribution in [1.82, 2.24) is 10.6 Å². The second-order valence-corrected chi connectivity index (χ2v) is 4.29. The minimum atomic E-state index is -0.314. The molecule has 3 amide bonds. The minimum Gasteiger partial charge on any atom is -0.341 e. The molecule has 0 unspecified atom stereocenters. The number of anilines is 1. The quantitative estimate of drug-likeness (QED) is 0.704. The van der Waals surface area contributed by atoms with Crippen molar-refractivity contribution in [1.29, 1.82) is 0 Å². The van der Waals surface area contributed by atoms with Gasteiger partial charge in [-0.15, -0.1) is 0 Å². The molecule has 1 aromatic carbocycles. The topological polar surface area (TPSA) is 70.2 Å². The molecular formula is C16H21N3O2. The highest BCUT2D eigenvalue weighted by atomic mass is 16.2. The highest BCUT2D eigenvalue weighted by Gasteiger charge is 2.02. The third-order valence-electron chi connectivity index (χ3n) is 2.58. The van der Waals surface area contributed by atoms with Crippen LogP contribution >= 0.6 is 0 Å². The first kappa shape index (κ1) is 16.5. The zero-order valence-corrected chi connectivity index (χ0v) is 12.3. The lowest BCUT2D eigenvalue weighted by Crippen LogP contribution is -2.31. The van der Waals surface area contributed by atoms with Crippen LogP contribution in [0.25, 0.3) is 0 Å². The van der Waals surface area contributed by atoms with Gasteiger partial charge in [-0.25, -0.2) is 4.79 Å². The minimum absolute atomic E-state index is 0.137. The van der Waals surface area contributed by atoms with E-state index < -0.39 is 0 Å². The summed E-state index contributed by atoms with van der Waals surface area (Å²) in [4.78, 5) is 23.2. The third kappa shape index (κ3) is 6.96. The smallest absolute Gasteiger partial charge is 0.318 e. The van der Waals surface area contributed by atoms with E-state index in [0.29, 0.717) is 5.70 Å². The molecule has 0 saturated carbocycles. The molecule has 0 fully saturated rings. The van der Waals surface area contributed by atoms with Crippen LogP contribution in [0.4, 0.5) is 10.5 Å². The normalized spacial score (nSPS) is 11.2. The summed E-state index contributed by atoms with van der Waals surface area (Å²) >= 11 is 0. The lowest BCUT2D eigenvalue weighted by atomic mass is 10.2. The number of urea groups is 1. The SMILES string of the molecule is CC/C=C\C(=C/CC(=O)Nc1ccccc1)NC(=O)NC. The van der Waals surface area contributed by atoms with Crippen LogP contribution in [-0.2, 0) is 4.79 Å². The molecule has 5 nitrogen and oxygen atoms in total. The first-order valence-electron chi connectivity index (χ1n) is 6.86. The van der Waals surface area contributed by atoms with Crippen molar-refractivity contribution >= 4 is 17.6 Å². The van der Waals surface area contributed by atoms with Crippen molar-refractivity contribution in [2.45, 2.75) is 19.8 Å². The van der Waals surface area contributed by atoms with Gasteiger partial charge in [0.25, 0.3) is 0 Å². The average molecular weight is 287 g/mol. The standard InChI is InChI=1S/C16H21N3O2/c1-3-4-8-14(19-16(21)17-2)11-12-15(20)18-13-9-6-5-7-10-13/h4-11H,3,12H2,1-2H3,(H,18,20)(H2,17,19,21)/b8-4-,14-11+. The number of allylic oxidation sites excluding steroid dienone is 2. The van der Waals surface area contributed by atoms with E-state index in [1.807, 2.05) is 43.3 Å². The molecule has 0 saturated heterocycles. The van der Waals surface area contributed by atoms with Gasteiger partial charge >= 0.3 is 6.03 Å². The van der Waals surface area contributed by atoms with Crippen molar-refractivity contribution in [3.63, 3.8) is 0 Å². The number of hydrogen-bond donors (Lipinski definition) is 3. The van der Waals surface area contributed by atoms with E-state index in [9.17, 15) is 9.59 Å². The Kier molecular flexibility index (Phi) is 7.35. The monoisotopic (exact) mass is 287 g/mol. The van der Waals surface area contributed by atoms with Crippen LogP contribution < -0.4 is 16.0 Å². The van der Waals surface area contributed by atoms with Gasteiger partial charge in [0.05, 0.1) is 0 Å². The Hall–Kier alpha value is -2.56. The number of benzene rings is 1.